The molecule has 1 amide bonds. The molecule has 2 aliphatic heterocycles. The summed E-state index contributed by atoms with van der Waals surface area (Å²) in [5.74, 6) is -0.0707. The maximum Gasteiger partial charge on any atom is 0.407 e. The Morgan fingerprint density at radius 1 is 1.11 bits per heavy atom. The second kappa shape index (κ2) is 15.4. The molecule has 0 saturated carbocycles. The van der Waals surface area contributed by atoms with E-state index in [1.807, 2.05) is 44.2 Å². The second-order valence-electron chi connectivity index (χ2n) is 12.8. The highest BCUT2D eigenvalue weighted by Crippen LogP contribution is 2.33. The molecule has 2 heterocycles. The highest BCUT2D eigenvalue weighted by atomic mass is 32.2. The summed E-state index contributed by atoms with van der Waals surface area (Å²) in [6.07, 6.45) is -0.0111. The van der Waals surface area contributed by atoms with Gasteiger partial charge in [0, 0.05) is 25.3 Å². The van der Waals surface area contributed by atoms with Crippen LogP contribution in [0.1, 0.15) is 38.7 Å². The number of aliphatic hydroxyl groups is 1. The predicted molar refractivity (Wildman–Crippen MR) is 173 cm³/mol. The number of carbonyl (C=O) groups is 1. The predicted octanol–water partition coefficient (Wildman–Crippen LogP) is 2.07. The number of fused-ring (bicyclic) bond motifs is 1. The normalized spacial score (nSPS) is 21.5. The van der Waals surface area contributed by atoms with Crippen molar-refractivity contribution >= 4 is 31.8 Å². The van der Waals surface area contributed by atoms with Crippen molar-refractivity contribution in [3.8, 4) is 0 Å². The summed E-state index contributed by atoms with van der Waals surface area (Å²) < 4.78 is 71.5. The molecule has 0 bridgehead atoms. The van der Waals surface area contributed by atoms with Gasteiger partial charge in [0.25, 0.3) is 0 Å². The van der Waals surface area contributed by atoms with Crippen LogP contribution in [0.25, 0.3) is 0 Å². The Morgan fingerprint density at radius 3 is 2.48 bits per heavy atom. The van der Waals surface area contributed by atoms with Gasteiger partial charge in [0.1, 0.15) is 6.10 Å². The van der Waals surface area contributed by atoms with Crippen molar-refractivity contribution < 1.29 is 40.9 Å². The van der Waals surface area contributed by atoms with Crippen molar-refractivity contribution in [2.75, 3.05) is 44.8 Å². The Balaban J connectivity index is 1.54. The molecule has 2 aromatic carbocycles. The van der Waals surface area contributed by atoms with E-state index in [4.69, 9.17) is 19.9 Å². The zero-order chi connectivity index (χ0) is 33.5. The van der Waals surface area contributed by atoms with Crippen LogP contribution in [0.2, 0.25) is 0 Å². The quantitative estimate of drug-likeness (QED) is 0.151. The van der Waals surface area contributed by atoms with E-state index < -0.39 is 56.1 Å². The Morgan fingerprint density at radius 2 is 1.80 bits per heavy atom. The molecule has 0 aromatic heterocycles. The molecular weight excluding hydrogens is 636 g/mol. The van der Waals surface area contributed by atoms with Crippen LogP contribution in [0.4, 0.5) is 10.5 Å². The maximum absolute atomic E-state index is 14.0. The number of sulfonamides is 2. The summed E-state index contributed by atoms with van der Waals surface area (Å²) in [4.78, 5) is 13.1. The van der Waals surface area contributed by atoms with E-state index in [1.54, 1.807) is 0 Å². The van der Waals surface area contributed by atoms with Crippen LogP contribution in [0, 0.1) is 11.3 Å². The summed E-state index contributed by atoms with van der Waals surface area (Å²) in [5.41, 5.74) is 6.43. The molecule has 5 atom stereocenters. The van der Waals surface area contributed by atoms with E-state index in [2.05, 4.69) is 10.0 Å². The van der Waals surface area contributed by atoms with Crippen molar-refractivity contribution in [3.63, 3.8) is 0 Å². The highest BCUT2D eigenvalue weighted by molar-refractivity contribution is 7.89. The number of hydrogen-bond donors (Lipinski definition) is 4. The average molecular weight is 683 g/mol. The number of benzene rings is 2. The van der Waals surface area contributed by atoms with Gasteiger partial charge in [-0.05, 0) is 60.9 Å². The van der Waals surface area contributed by atoms with Gasteiger partial charge in [-0.2, -0.15) is 4.31 Å². The van der Waals surface area contributed by atoms with Crippen molar-refractivity contribution in [1.82, 2.24) is 14.3 Å². The van der Waals surface area contributed by atoms with E-state index >= 15 is 0 Å². The largest absolute Gasteiger partial charge is 0.443 e. The number of hydrogen-bond acceptors (Lipinski definition) is 10. The van der Waals surface area contributed by atoms with E-state index in [0.717, 1.165) is 11.8 Å². The molecule has 13 nitrogen and oxygen atoms in total. The molecule has 0 aliphatic carbocycles. The molecule has 15 heteroatoms. The molecule has 0 radical (unpaired) electrons. The Kier molecular flexibility index (Phi) is 12.1. The summed E-state index contributed by atoms with van der Waals surface area (Å²) >= 11 is 0. The fraction of sp³-hybridized carbons (Fsp3) is 0.581. The third-order valence-corrected chi connectivity index (χ3v) is 10.8. The number of anilines is 1. The summed E-state index contributed by atoms with van der Waals surface area (Å²) in [7, 11) is -7.49. The molecule has 0 unspecified atom stereocenters. The number of rotatable bonds is 16. The Labute approximate surface area is 271 Å². The van der Waals surface area contributed by atoms with Crippen LogP contribution in [0.5, 0.6) is 0 Å². The number of amides is 1. The first-order valence-electron chi connectivity index (χ1n) is 15.4. The third kappa shape index (κ3) is 10.4. The number of nitrogen functional groups attached to an aromatic ring is 1. The van der Waals surface area contributed by atoms with E-state index in [-0.39, 0.29) is 43.5 Å². The fourth-order valence-corrected chi connectivity index (χ4v) is 7.94. The van der Waals surface area contributed by atoms with Crippen molar-refractivity contribution in [3.05, 3.63) is 60.2 Å². The maximum atomic E-state index is 14.0. The van der Waals surface area contributed by atoms with E-state index in [1.165, 1.54) is 28.6 Å². The van der Waals surface area contributed by atoms with Gasteiger partial charge in [-0.1, -0.05) is 44.2 Å². The van der Waals surface area contributed by atoms with E-state index in [0.29, 0.717) is 31.6 Å². The lowest BCUT2D eigenvalue weighted by molar-refractivity contribution is -0.0907. The second-order valence-corrected chi connectivity index (χ2v) is 16.5. The van der Waals surface area contributed by atoms with Crippen molar-refractivity contribution in [2.24, 2.45) is 11.3 Å². The molecule has 46 heavy (non-hydrogen) atoms. The number of nitrogens with two attached hydrogens (primary N) is 1. The Bertz CT molecular complexity index is 1510. The molecule has 0 spiro atoms. The zero-order valence-corrected chi connectivity index (χ0v) is 28.1. The molecule has 2 aliphatic rings. The Hall–Kier alpha value is -2.79. The first-order valence-corrected chi connectivity index (χ1v) is 18.7. The van der Waals surface area contributed by atoms with Gasteiger partial charge in [-0.3, -0.25) is 0 Å². The number of aliphatic hydroxyl groups excluding tert-OH is 1. The number of alkyl carbamates (subject to hydrolysis) is 1. The molecule has 2 fully saturated rings. The minimum atomic E-state index is -4.13. The highest BCUT2D eigenvalue weighted by Gasteiger charge is 2.44. The first-order chi connectivity index (χ1) is 21.6. The molecule has 5 N–H and O–H groups in total. The lowest BCUT2D eigenvalue weighted by Gasteiger charge is -2.35. The van der Waals surface area contributed by atoms with Crippen molar-refractivity contribution in [2.45, 2.75) is 69.0 Å². The van der Waals surface area contributed by atoms with Crippen LogP contribution >= 0.6 is 0 Å². The SMILES string of the molecule is CC(C)(CCCNS(C)(=O)=O)CN(C[C@@H](O)[C@H](Cc1ccccc1)NC(=O)O[C@H]1CO[C@H]2OCC[C@H]21)S(=O)(=O)c1ccc(N)cc1. The average Bonchev–Trinajstić information content (AvgIpc) is 3.60. The summed E-state index contributed by atoms with van der Waals surface area (Å²) in [6, 6.07) is 14.1. The van der Waals surface area contributed by atoms with Gasteiger partial charge in [0.2, 0.25) is 20.0 Å². The number of ether oxygens (including phenoxy) is 3. The van der Waals surface area contributed by atoms with E-state index in [9.17, 15) is 26.7 Å². The number of nitrogens with zero attached hydrogens (tertiary/aromatic N) is 1. The summed E-state index contributed by atoms with van der Waals surface area (Å²) in [5, 5.41) is 14.4. The van der Waals surface area contributed by atoms with Gasteiger partial charge in [-0.25, -0.2) is 26.4 Å². The lowest BCUT2D eigenvalue weighted by atomic mass is 9.87. The van der Waals surface area contributed by atoms with Crippen LogP contribution in [0.3, 0.4) is 0 Å². The monoisotopic (exact) mass is 682 g/mol. The van der Waals surface area contributed by atoms with Crippen LogP contribution in [0.15, 0.2) is 59.5 Å². The summed E-state index contributed by atoms with van der Waals surface area (Å²) in [6.45, 7) is 4.38. The smallest absolute Gasteiger partial charge is 0.407 e. The first kappa shape index (κ1) is 36.1. The topological polar surface area (TPSA) is 187 Å². The van der Waals surface area contributed by atoms with Crippen LogP contribution in [-0.2, 0) is 40.7 Å². The standard InChI is InChI=1S/C31H46N4O9S2/c1-31(2,15-7-16-33-45(3,38)39)21-35(46(40,41)24-12-10-23(32)11-13-24)19-27(36)26(18-22-8-5-4-6-9-22)34-30(37)44-28-20-43-29-25(28)14-17-42-29/h4-6,8-13,25-29,33,36H,7,14-21,32H2,1-3H3,(H,34,37)/t25-,26-,27+,28-,29+/m0/s1. The van der Waals surface area contributed by atoms with Gasteiger partial charge >= 0.3 is 6.09 Å². The minimum Gasteiger partial charge on any atom is -0.443 e. The number of nitrogens with one attached hydrogen (secondary N) is 2. The molecule has 256 valence electrons. The van der Waals surface area contributed by atoms with Crippen LogP contribution < -0.4 is 15.8 Å². The third-order valence-electron chi connectivity index (χ3n) is 8.22. The molecule has 2 aromatic rings. The van der Waals surface area contributed by atoms with Gasteiger partial charge in [-0.15, -0.1) is 0 Å². The number of carbonyl (C=O) groups excluding carboxylic acids is 1. The molecule has 4 rings (SSSR count). The van der Waals surface area contributed by atoms with Crippen LogP contribution in [-0.4, -0.2) is 96.0 Å². The lowest BCUT2D eigenvalue weighted by Crippen LogP contribution is -2.52. The van der Waals surface area contributed by atoms with Gasteiger partial charge in [0.15, 0.2) is 6.29 Å². The zero-order valence-electron chi connectivity index (χ0n) is 26.5. The van der Waals surface area contributed by atoms with Crippen molar-refractivity contribution in [1.29, 1.82) is 0 Å². The minimum absolute atomic E-state index is 0.00462. The molecule has 2 saturated heterocycles. The molecular formula is C31H46N4O9S2. The fourth-order valence-electron chi connectivity index (χ4n) is 5.78. The van der Waals surface area contributed by atoms with Gasteiger partial charge in [0.05, 0.1) is 42.4 Å². The van der Waals surface area contributed by atoms with Gasteiger partial charge < -0.3 is 30.4 Å².